The van der Waals surface area contributed by atoms with Crippen LogP contribution in [0.5, 0.6) is 0 Å². The van der Waals surface area contributed by atoms with E-state index in [9.17, 15) is 0 Å². The summed E-state index contributed by atoms with van der Waals surface area (Å²) in [6.07, 6.45) is 2.61. The van der Waals surface area contributed by atoms with Gasteiger partial charge in [-0.15, -0.1) is 0 Å². The topological polar surface area (TPSA) is 56.3 Å². The Morgan fingerprint density at radius 2 is 2.21 bits per heavy atom. The Balaban J connectivity index is 1.87. The maximum atomic E-state index is 9.10. The maximum absolute atomic E-state index is 9.10. The molecule has 2 fully saturated rings. The average Bonchev–Trinajstić information content (AvgIpc) is 2.85. The second-order valence-electron chi connectivity index (χ2n) is 5.68. The fourth-order valence-corrected chi connectivity index (χ4v) is 3.37. The Hall–Kier alpha value is -1.73. The number of hydrogen-bond donors (Lipinski definition) is 1. The third-order valence-corrected chi connectivity index (χ3v) is 4.43. The van der Waals surface area contributed by atoms with Gasteiger partial charge >= 0.3 is 0 Å². The second kappa shape index (κ2) is 4.75. The molecule has 0 aliphatic carbocycles. The number of fused-ring (bicyclic) bond motifs is 1. The summed E-state index contributed by atoms with van der Waals surface area (Å²) in [5.74, 6) is 0. The molecule has 2 atom stereocenters. The van der Waals surface area contributed by atoms with E-state index in [-0.39, 0.29) is 0 Å². The third kappa shape index (κ3) is 2.15. The summed E-state index contributed by atoms with van der Waals surface area (Å²) < 4.78 is 0. The summed E-state index contributed by atoms with van der Waals surface area (Å²) in [5.41, 5.74) is 8.08. The van der Waals surface area contributed by atoms with Crippen molar-refractivity contribution in [2.24, 2.45) is 0 Å². The lowest BCUT2D eigenvalue weighted by Gasteiger charge is -2.43. The fourth-order valence-electron chi connectivity index (χ4n) is 3.37. The van der Waals surface area contributed by atoms with Crippen molar-refractivity contribution in [1.82, 2.24) is 4.90 Å². The zero-order valence-electron chi connectivity index (χ0n) is 11.3. The van der Waals surface area contributed by atoms with E-state index >= 15 is 0 Å². The van der Waals surface area contributed by atoms with Crippen LogP contribution in [0.25, 0.3) is 0 Å². The molecular formula is C15H20N4. The zero-order chi connectivity index (χ0) is 13.4. The van der Waals surface area contributed by atoms with Gasteiger partial charge in [-0.25, -0.2) is 0 Å². The molecule has 2 unspecified atom stereocenters. The molecule has 0 bridgehead atoms. The first-order valence-corrected chi connectivity index (χ1v) is 6.99. The highest BCUT2D eigenvalue weighted by atomic mass is 15.3. The first-order chi connectivity index (χ1) is 9.19. The number of piperazine rings is 1. The number of nitriles is 1. The van der Waals surface area contributed by atoms with E-state index in [4.69, 9.17) is 11.0 Å². The Morgan fingerprint density at radius 3 is 3.00 bits per heavy atom. The van der Waals surface area contributed by atoms with Gasteiger partial charge in [-0.05, 0) is 44.5 Å². The van der Waals surface area contributed by atoms with Crippen LogP contribution in [0.3, 0.4) is 0 Å². The van der Waals surface area contributed by atoms with Crippen LogP contribution in [0.4, 0.5) is 11.4 Å². The number of hydrogen-bond acceptors (Lipinski definition) is 4. The molecule has 0 saturated carbocycles. The van der Waals surface area contributed by atoms with Crippen molar-refractivity contribution in [3.05, 3.63) is 23.8 Å². The van der Waals surface area contributed by atoms with Gasteiger partial charge in [0.15, 0.2) is 0 Å². The van der Waals surface area contributed by atoms with Gasteiger partial charge < -0.3 is 10.6 Å². The zero-order valence-corrected chi connectivity index (χ0v) is 11.3. The number of nitrogens with two attached hydrogens (primary N) is 1. The Morgan fingerprint density at radius 1 is 1.37 bits per heavy atom. The molecule has 2 heterocycles. The normalized spacial score (nSPS) is 27.1. The summed E-state index contributed by atoms with van der Waals surface area (Å²) in [4.78, 5) is 5.02. The van der Waals surface area contributed by atoms with Crippen molar-refractivity contribution in [3.63, 3.8) is 0 Å². The van der Waals surface area contributed by atoms with Crippen molar-refractivity contribution in [1.29, 1.82) is 5.26 Å². The maximum Gasteiger partial charge on any atom is 0.101 e. The van der Waals surface area contributed by atoms with E-state index in [2.05, 4.69) is 22.8 Å². The van der Waals surface area contributed by atoms with E-state index in [1.165, 1.54) is 19.4 Å². The largest absolute Gasteiger partial charge is 0.398 e. The van der Waals surface area contributed by atoms with Crippen molar-refractivity contribution >= 4 is 11.4 Å². The van der Waals surface area contributed by atoms with Crippen LogP contribution in [0.1, 0.15) is 25.3 Å². The van der Waals surface area contributed by atoms with Crippen LogP contribution in [0, 0.1) is 11.3 Å². The summed E-state index contributed by atoms with van der Waals surface area (Å²) in [7, 11) is 0. The Kier molecular flexibility index (Phi) is 3.08. The predicted molar refractivity (Wildman–Crippen MR) is 77.0 cm³/mol. The van der Waals surface area contributed by atoms with Gasteiger partial charge in [-0.2, -0.15) is 5.26 Å². The van der Waals surface area contributed by atoms with Crippen LogP contribution >= 0.6 is 0 Å². The minimum atomic E-state index is 0.490. The average molecular weight is 256 g/mol. The molecular weight excluding hydrogens is 236 g/mol. The molecule has 2 aliphatic heterocycles. The summed E-state index contributed by atoms with van der Waals surface area (Å²) in [6, 6.07) is 9.16. The third-order valence-electron chi connectivity index (χ3n) is 4.43. The lowest BCUT2D eigenvalue weighted by atomic mass is 10.1. The van der Waals surface area contributed by atoms with E-state index in [1.807, 2.05) is 18.2 Å². The molecule has 0 spiro atoms. The van der Waals surface area contributed by atoms with Crippen LogP contribution in [0.15, 0.2) is 18.2 Å². The lowest BCUT2D eigenvalue weighted by molar-refractivity contribution is 0.203. The quantitative estimate of drug-likeness (QED) is 0.779. The van der Waals surface area contributed by atoms with E-state index < -0.39 is 0 Å². The van der Waals surface area contributed by atoms with Gasteiger partial charge in [0.2, 0.25) is 0 Å². The molecule has 2 aliphatic rings. The van der Waals surface area contributed by atoms with Gasteiger partial charge in [-0.1, -0.05) is 0 Å². The molecule has 4 nitrogen and oxygen atoms in total. The van der Waals surface area contributed by atoms with Crippen LogP contribution in [-0.2, 0) is 0 Å². The van der Waals surface area contributed by atoms with E-state index in [0.717, 1.165) is 18.8 Å². The standard InChI is InChI=1S/C15H20N4/c1-11-9-18-6-2-3-14(18)10-19(11)13-4-5-15(17)12(7-13)8-16/h4-5,7,11,14H,2-3,6,9-10,17H2,1H3. The molecule has 19 heavy (non-hydrogen) atoms. The monoisotopic (exact) mass is 256 g/mol. The molecule has 0 aromatic heterocycles. The van der Waals surface area contributed by atoms with Crippen molar-refractivity contribution in [2.45, 2.75) is 31.8 Å². The van der Waals surface area contributed by atoms with Crippen molar-refractivity contribution < 1.29 is 0 Å². The minimum Gasteiger partial charge on any atom is -0.398 e. The molecule has 2 saturated heterocycles. The van der Waals surface area contributed by atoms with E-state index in [1.54, 1.807) is 0 Å². The number of rotatable bonds is 1. The summed E-state index contributed by atoms with van der Waals surface area (Å²) >= 11 is 0. The Labute approximate surface area is 114 Å². The highest BCUT2D eigenvalue weighted by Gasteiger charge is 2.34. The number of anilines is 2. The number of benzene rings is 1. The molecule has 0 amide bonds. The molecule has 4 heteroatoms. The second-order valence-corrected chi connectivity index (χ2v) is 5.68. The number of nitrogen functional groups attached to an aromatic ring is 1. The molecule has 1 aromatic carbocycles. The predicted octanol–water partition coefficient (Wildman–Crippen LogP) is 1.81. The van der Waals surface area contributed by atoms with Crippen LogP contribution < -0.4 is 10.6 Å². The molecule has 1 aromatic rings. The van der Waals surface area contributed by atoms with E-state index in [0.29, 0.717) is 23.3 Å². The molecule has 100 valence electrons. The van der Waals surface area contributed by atoms with Crippen molar-refractivity contribution in [2.75, 3.05) is 30.3 Å². The summed E-state index contributed by atoms with van der Waals surface area (Å²) in [5, 5.41) is 9.10. The first-order valence-electron chi connectivity index (χ1n) is 6.99. The van der Waals surface area contributed by atoms with Gasteiger partial charge in [-0.3, -0.25) is 4.90 Å². The van der Waals surface area contributed by atoms with Gasteiger partial charge in [0.05, 0.1) is 5.56 Å². The van der Waals surface area contributed by atoms with Crippen LogP contribution in [0.2, 0.25) is 0 Å². The highest BCUT2D eigenvalue weighted by molar-refractivity contribution is 5.63. The van der Waals surface area contributed by atoms with Gasteiger partial charge in [0.1, 0.15) is 6.07 Å². The minimum absolute atomic E-state index is 0.490. The number of nitrogens with zero attached hydrogens (tertiary/aromatic N) is 3. The molecule has 3 rings (SSSR count). The smallest absolute Gasteiger partial charge is 0.101 e. The van der Waals surface area contributed by atoms with Crippen LogP contribution in [-0.4, -0.2) is 36.6 Å². The lowest BCUT2D eigenvalue weighted by Crippen LogP contribution is -2.55. The van der Waals surface area contributed by atoms with Crippen molar-refractivity contribution in [3.8, 4) is 6.07 Å². The fraction of sp³-hybridized carbons (Fsp3) is 0.533. The molecule has 0 radical (unpaired) electrons. The Bertz CT molecular complexity index is 519. The SMILES string of the molecule is CC1CN2CCCC2CN1c1ccc(N)c(C#N)c1. The molecule has 2 N–H and O–H groups in total. The summed E-state index contributed by atoms with van der Waals surface area (Å²) in [6.45, 7) is 5.69. The van der Waals surface area contributed by atoms with Gasteiger partial charge in [0.25, 0.3) is 0 Å². The van der Waals surface area contributed by atoms with Gasteiger partial charge in [0, 0.05) is 36.5 Å². The first kappa shape index (κ1) is 12.3. The highest BCUT2D eigenvalue weighted by Crippen LogP contribution is 2.30.